The van der Waals surface area contributed by atoms with Crippen molar-refractivity contribution in [3.63, 3.8) is 0 Å². The van der Waals surface area contributed by atoms with E-state index < -0.39 is 6.10 Å². The average molecular weight is 564 g/mol. The summed E-state index contributed by atoms with van der Waals surface area (Å²) in [6, 6.07) is 25.2. The van der Waals surface area contributed by atoms with Crippen molar-refractivity contribution in [2.45, 2.75) is 19.4 Å². The second-order valence-corrected chi connectivity index (χ2v) is 10.7. The molecule has 8 heteroatoms. The van der Waals surface area contributed by atoms with E-state index in [2.05, 4.69) is 22.8 Å². The van der Waals surface area contributed by atoms with Crippen molar-refractivity contribution in [1.29, 1.82) is 0 Å². The number of rotatable bonds is 9. The number of hydrogen-bond donors (Lipinski definition) is 1. The molecule has 0 aliphatic carbocycles. The third kappa shape index (κ3) is 7.28. The SMILES string of the molecule is Cc1nc(-c2ccccc2)nc(N2CCN(CC(O)COc3ccc(Cl)cc3)CC2)c1Cc1cccc(Cl)c1. The van der Waals surface area contributed by atoms with E-state index in [4.69, 9.17) is 37.9 Å². The van der Waals surface area contributed by atoms with Crippen molar-refractivity contribution in [3.05, 3.63) is 106 Å². The number of ether oxygens (including phenoxy) is 1. The molecule has 0 spiro atoms. The van der Waals surface area contributed by atoms with Crippen molar-refractivity contribution in [2.75, 3.05) is 44.2 Å². The zero-order valence-corrected chi connectivity index (χ0v) is 23.4. The minimum atomic E-state index is -0.586. The number of halogens is 2. The molecule has 6 nitrogen and oxygen atoms in total. The number of benzene rings is 3. The van der Waals surface area contributed by atoms with Crippen LogP contribution >= 0.6 is 23.2 Å². The molecule has 0 saturated carbocycles. The first kappa shape index (κ1) is 27.4. The lowest BCUT2D eigenvalue weighted by Crippen LogP contribution is -2.49. The normalized spacial score (nSPS) is 14.8. The number of aromatic nitrogens is 2. The Hall–Kier alpha value is -3.16. The van der Waals surface area contributed by atoms with Gasteiger partial charge in [0.2, 0.25) is 0 Å². The highest BCUT2D eigenvalue weighted by Gasteiger charge is 2.24. The Morgan fingerprint density at radius 3 is 2.33 bits per heavy atom. The number of nitrogens with zero attached hydrogens (tertiary/aromatic N) is 4. The van der Waals surface area contributed by atoms with Crippen LogP contribution < -0.4 is 9.64 Å². The molecular formula is C31H32Cl2N4O2. The van der Waals surface area contributed by atoms with Gasteiger partial charge in [0.15, 0.2) is 5.82 Å². The van der Waals surface area contributed by atoms with Gasteiger partial charge in [-0.3, -0.25) is 4.90 Å². The highest BCUT2D eigenvalue weighted by Crippen LogP contribution is 2.29. The molecule has 4 aromatic rings. The number of anilines is 1. The summed E-state index contributed by atoms with van der Waals surface area (Å²) in [4.78, 5) is 14.6. The van der Waals surface area contributed by atoms with E-state index in [0.29, 0.717) is 23.7 Å². The quantitative estimate of drug-likeness (QED) is 0.273. The van der Waals surface area contributed by atoms with Gasteiger partial charge in [-0.05, 0) is 48.9 Å². The third-order valence-corrected chi connectivity index (χ3v) is 7.38. The van der Waals surface area contributed by atoms with Crippen LogP contribution in [0.5, 0.6) is 5.75 Å². The van der Waals surface area contributed by atoms with Crippen LogP contribution in [-0.2, 0) is 6.42 Å². The molecule has 1 N–H and O–H groups in total. The molecule has 3 aromatic carbocycles. The van der Waals surface area contributed by atoms with E-state index in [1.54, 1.807) is 12.1 Å². The zero-order chi connectivity index (χ0) is 27.2. The fourth-order valence-corrected chi connectivity index (χ4v) is 5.17. The van der Waals surface area contributed by atoms with Crippen molar-refractivity contribution in [2.24, 2.45) is 0 Å². The number of aliphatic hydroxyl groups is 1. The average Bonchev–Trinajstić information content (AvgIpc) is 2.95. The molecule has 1 aromatic heterocycles. The van der Waals surface area contributed by atoms with Crippen LogP contribution in [0.2, 0.25) is 10.0 Å². The van der Waals surface area contributed by atoms with Crippen LogP contribution in [0.4, 0.5) is 5.82 Å². The molecule has 1 aliphatic rings. The van der Waals surface area contributed by atoms with Gasteiger partial charge in [0.1, 0.15) is 24.3 Å². The summed E-state index contributed by atoms with van der Waals surface area (Å²) in [5.74, 6) is 2.39. The number of aryl methyl sites for hydroxylation is 1. The fraction of sp³-hybridized carbons (Fsp3) is 0.290. The van der Waals surface area contributed by atoms with E-state index in [1.165, 1.54) is 0 Å². The lowest BCUT2D eigenvalue weighted by atomic mass is 10.0. The number of β-amino-alcohol motifs (C(OH)–C–C–N with tert-alkyl or cyclic N) is 1. The Kier molecular flexibility index (Phi) is 8.99. The second-order valence-electron chi connectivity index (χ2n) is 9.81. The van der Waals surface area contributed by atoms with Gasteiger partial charge >= 0.3 is 0 Å². The van der Waals surface area contributed by atoms with Gasteiger partial charge in [0, 0.05) is 66.0 Å². The molecule has 0 amide bonds. The molecule has 1 fully saturated rings. The first-order chi connectivity index (χ1) is 18.9. The molecule has 2 heterocycles. The van der Waals surface area contributed by atoms with Gasteiger partial charge < -0.3 is 14.7 Å². The molecule has 1 aliphatic heterocycles. The zero-order valence-electron chi connectivity index (χ0n) is 21.9. The Morgan fingerprint density at radius 1 is 0.872 bits per heavy atom. The molecule has 202 valence electrons. The summed E-state index contributed by atoms with van der Waals surface area (Å²) >= 11 is 12.2. The van der Waals surface area contributed by atoms with Crippen LogP contribution in [0, 0.1) is 6.92 Å². The first-order valence-electron chi connectivity index (χ1n) is 13.2. The maximum absolute atomic E-state index is 10.6. The van der Waals surface area contributed by atoms with Gasteiger partial charge in [-0.25, -0.2) is 9.97 Å². The molecule has 1 atom stereocenters. The molecular weight excluding hydrogens is 531 g/mol. The monoisotopic (exact) mass is 562 g/mol. The highest BCUT2D eigenvalue weighted by atomic mass is 35.5. The van der Waals surface area contributed by atoms with Crippen LogP contribution in [0.1, 0.15) is 16.8 Å². The lowest BCUT2D eigenvalue weighted by Gasteiger charge is -2.37. The third-order valence-electron chi connectivity index (χ3n) is 6.89. The van der Waals surface area contributed by atoms with E-state index >= 15 is 0 Å². The number of piperazine rings is 1. The Morgan fingerprint density at radius 2 is 1.62 bits per heavy atom. The van der Waals surface area contributed by atoms with E-state index in [1.807, 2.05) is 60.7 Å². The van der Waals surface area contributed by atoms with Crippen LogP contribution in [0.3, 0.4) is 0 Å². The van der Waals surface area contributed by atoms with Crippen LogP contribution in [-0.4, -0.2) is 65.4 Å². The van der Waals surface area contributed by atoms with E-state index in [9.17, 15) is 5.11 Å². The summed E-state index contributed by atoms with van der Waals surface area (Å²) in [5, 5.41) is 12.0. The van der Waals surface area contributed by atoms with E-state index in [0.717, 1.165) is 65.2 Å². The molecule has 5 rings (SSSR count). The summed E-state index contributed by atoms with van der Waals surface area (Å²) in [6.45, 7) is 6.09. The molecule has 1 unspecified atom stereocenters. The minimum Gasteiger partial charge on any atom is -0.491 e. The predicted octanol–water partition coefficient (Wildman–Crippen LogP) is 5.91. The molecule has 0 bridgehead atoms. The summed E-state index contributed by atoms with van der Waals surface area (Å²) in [5.41, 5.74) is 4.21. The molecule has 0 radical (unpaired) electrons. The first-order valence-corrected chi connectivity index (χ1v) is 13.9. The van der Waals surface area contributed by atoms with Gasteiger partial charge in [0.25, 0.3) is 0 Å². The Bertz CT molecular complexity index is 1380. The Labute approximate surface area is 239 Å². The topological polar surface area (TPSA) is 61.7 Å². The minimum absolute atomic E-state index is 0.233. The fourth-order valence-electron chi connectivity index (χ4n) is 4.83. The number of hydrogen-bond acceptors (Lipinski definition) is 6. The summed E-state index contributed by atoms with van der Waals surface area (Å²) in [6.07, 6.45) is 0.120. The van der Waals surface area contributed by atoms with Crippen LogP contribution in [0.15, 0.2) is 78.9 Å². The summed E-state index contributed by atoms with van der Waals surface area (Å²) < 4.78 is 5.73. The van der Waals surface area contributed by atoms with E-state index in [-0.39, 0.29) is 6.61 Å². The van der Waals surface area contributed by atoms with Crippen LogP contribution in [0.25, 0.3) is 11.4 Å². The van der Waals surface area contributed by atoms with Crippen molar-refractivity contribution in [3.8, 4) is 17.1 Å². The lowest BCUT2D eigenvalue weighted by molar-refractivity contribution is 0.0662. The van der Waals surface area contributed by atoms with Crippen molar-refractivity contribution >= 4 is 29.0 Å². The standard InChI is InChI=1S/C31H32Cl2N4O2/c1-22-29(19-23-6-5-9-26(33)18-23)31(35-30(34-22)24-7-3-2-4-8-24)37-16-14-36(15-17-37)20-27(38)21-39-28-12-10-25(32)11-13-28/h2-13,18,27,38H,14-17,19-21H2,1H3. The maximum atomic E-state index is 10.6. The van der Waals surface area contributed by atoms with Crippen molar-refractivity contribution < 1.29 is 9.84 Å². The predicted molar refractivity (Wildman–Crippen MR) is 158 cm³/mol. The van der Waals surface area contributed by atoms with Gasteiger partial charge in [-0.2, -0.15) is 0 Å². The Balaban J connectivity index is 1.29. The maximum Gasteiger partial charge on any atom is 0.161 e. The summed E-state index contributed by atoms with van der Waals surface area (Å²) in [7, 11) is 0. The highest BCUT2D eigenvalue weighted by molar-refractivity contribution is 6.30. The number of aliphatic hydroxyl groups excluding tert-OH is 1. The second kappa shape index (κ2) is 12.8. The largest absolute Gasteiger partial charge is 0.491 e. The molecule has 39 heavy (non-hydrogen) atoms. The van der Waals surface area contributed by atoms with Crippen molar-refractivity contribution in [1.82, 2.24) is 14.9 Å². The van der Waals surface area contributed by atoms with Gasteiger partial charge in [-0.15, -0.1) is 0 Å². The van der Waals surface area contributed by atoms with Gasteiger partial charge in [-0.1, -0.05) is 65.7 Å². The molecule has 1 saturated heterocycles. The van der Waals surface area contributed by atoms with Gasteiger partial charge in [0.05, 0.1) is 0 Å². The smallest absolute Gasteiger partial charge is 0.161 e.